The first kappa shape index (κ1) is 14.2. The van der Waals surface area contributed by atoms with E-state index in [1.54, 1.807) is 20.4 Å². The second-order valence-corrected chi connectivity index (χ2v) is 4.59. The predicted molar refractivity (Wildman–Crippen MR) is 72.2 cm³/mol. The number of rotatable bonds is 7. The zero-order valence-electron chi connectivity index (χ0n) is 11.8. The van der Waals surface area contributed by atoms with E-state index in [9.17, 15) is 0 Å². The van der Waals surface area contributed by atoms with Crippen LogP contribution in [0.15, 0.2) is 18.3 Å². The van der Waals surface area contributed by atoms with Crippen molar-refractivity contribution in [1.82, 2.24) is 10.3 Å². The molecule has 3 atom stereocenters. The third-order valence-corrected chi connectivity index (χ3v) is 3.50. The van der Waals surface area contributed by atoms with Gasteiger partial charge in [-0.3, -0.25) is 0 Å². The Morgan fingerprint density at radius 2 is 2.26 bits per heavy atom. The molecule has 0 spiro atoms. The van der Waals surface area contributed by atoms with Gasteiger partial charge < -0.3 is 19.5 Å². The molecule has 0 bridgehead atoms. The normalized spacial score (nSPS) is 25.9. The molecule has 0 aliphatic heterocycles. The van der Waals surface area contributed by atoms with Crippen LogP contribution < -0.4 is 10.1 Å². The molecule has 2 rings (SSSR count). The van der Waals surface area contributed by atoms with Crippen molar-refractivity contribution in [2.75, 3.05) is 20.8 Å². The molecule has 0 saturated heterocycles. The first-order chi connectivity index (χ1) is 9.30. The Morgan fingerprint density at radius 3 is 2.95 bits per heavy atom. The van der Waals surface area contributed by atoms with E-state index in [-0.39, 0.29) is 12.2 Å². The van der Waals surface area contributed by atoms with Gasteiger partial charge in [0, 0.05) is 38.1 Å². The fourth-order valence-corrected chi connectivity index (χ4v) is 2.46. The fourth-order valence-electron chi connectivity index (χ4n) is 2.46. The molecule has 3 unspecified atom stereocenters. The van der Waals surface area contributed by atoms with E-state index in [1.807, 2.05) is 19.1 Å². The average molecular weight is 266 g/mol. The number of pyridine rings is 1. The van der Waals surface area contributed by atoms with Gasteiger partial charge in [-0.1, -0.05) is 6.07 Å². The lowest BCUT2D eigenvalue weighted by Crippen LogP contribution is -2.59. The van der Waals surface area contributed by atoms with E-state index in [4.69, 9.17) is 14.2 Å². The minimum Gasteiger partial charge on any atom is -0.481 e. The van der Waals surface area contributed by atoms with Gasteiger partial charge in [0.05, 0.1) is 19.3 Å². The van der Waals surface area contributed by atoms with Crippen LogP contribution in [0.4, 0.5) is 0 Å². The van der Waals surface area contributed by atoms with Crippen molar-refractivity contribution in [1.29, 1.82) is 0 Å². The second-order valence-electron chi connectivity index (χ2n) is 4.59. The molecule has 1 aliphatic carbocycles. The molecule has 1 saturated carbocycles. The third-order valence-electron chi connectivity index (χ3n) is 3.50. The number of nitrogens with one attached hydrogen (secondary N) is 1. The highest BCUT2D eigenvalue weighted by Crippen LogP contribution is 2.27. The van der Waals surface area contributed by atoms with E-state index in [2.05, 4.69) is 10.3 Å². The Kier molecular flexibility index (Phi) is 5.13. The molecule has 19 heavy (non-hydrogen) atoms. The van der Waals surface area contributed by atoms with Crippen molar-refractivity contribution >= 4 is 0 Å². The molecule has 106 valence electrons. The van der Waals surface area contributed by atoms with Crippen LogP contribution in [0.25, 0.3) is 0 Å². The zero-order valence-corrected chi connectivity index (χ0v) is 11.8. The zero-order chi connectivity index (χ0) is 13.7. The van der Waals surface area contributed by atoms with Gasteiger partial charge in [0.2, 0.25) is 5.88 Å². The topological polar surface area (TPSA) is 52.6 Å². The summed E-state index contributed by atoms with van der Waals surface area (Å²) >= 11 is 0. The van der Waals surface area contributed by atoms with E-state index in [0.29, 0.717) is 11.9 Å². The maximum Gasteiger partial charge on any atom is 0.217 e. The highest BCUT2D eigenvalue weighted by atomic mass is 16.5. The van der Waals surface area contributed by atoms with Gasteiger partial charge in [-0.2, -0.15) is 0 Å². The van der Waals surface area contributed by atoms with Crippen molar-refractivity contribution in [2.24, 2.45) is 0 Å². The molecule has 5 nitrogen and oxygen atoms in total. The summed E-state index contributed by atoms with van der Waals surface area (Å²) in [7, 11) is 3.37. The number of ether oxygens (including phenoxy) is 3. The average Bonchev–Trinajstić information content (AvgIpc) is 2.42. The Morgan fingerprint density at radius 1 is 1.42 bits per heavy atom. The van der Waals surface area contributed by atoms with E-state index < -0.39 is 0 Å². The first-order valence-corrected chi connectivity index (χ1v) is 6.65. The summed E-state index contributed by atoms with van der Waals surface area (Å²) in [5.41, 5.74) is 1.06. The van der Waals surface area contributed by atoms with Crippen molar-refractivity contribution < 1.29 is 14.2 Å². The third kappa shape index (κ3) is 3.23. The molecule has 1 heterocycles. The highest BCUT2D eigenvalue weighted by Gasteiger charge is 2.41. The van der Waals surface area contributed by atoms with Crippen LogP contribution in [0.2, 0.25) is 0 Å². The van der Waals surface area contributed by atoms with Crippen LogP contribution in [0.1, 0.15) is 18.9 Å². The standard InChI is InChI=1S/C14H22N2O3/c1-4-19-12-8-11(13(12)17-2)16-9-10-6-5-7-15-14(10)18-3/h5-7,11-13,16H,4,8-9H2,1-3H3. The lowest BCUT2D eigenvalue weighted by Gasteiger charge is -2.43. The first-order valence-electron chi connectivity index (χ1n) is 6.65. The lowest BCUT2D eigenvalue weighted by atomic mass is 9.85. The molecule has 0 aromatic carbocycles. The highest BCUT2D eigenvalue weighted by molar-refractivity contribution is 5.25. The van der Waals surface area contributed by atoms with Gasteiger partial charge in [-0.05, 0) is 19.4 Å². The van der Waals surface area contributed by atoms with Crippen molar-refractivity contribution in [3.8, 4) is 5.88 Å². The molecule has 1 aromatic rings. The molecule has 0 amide bonds. The molecule has 1 fully saturated rings. The Bertz CT molecular complexity index is 400. The van der Waals surface area contributed by atoms with Crippen LogP contribution in [0.3, 0.4) is 0 Å². The van der Waals surface area contributed by atoms with Crippen molar-refractivity contribution in [2.45, 2.75) is 38.1 Å². The minimum atomic E-state index is 0.127. The molecule has 5 heteroatoms. The van der Waals surface area contributed by atoms with E-state index >= 15 is 0 Å². The number of nitrogens with zero attached hydrogens (tertiary/aromatic N) is 1. The molecule has 1 aromatic heterocycles. The summed E-state index contributed by atoms with van der Waals surface area (Å²) in [4.78, 5) is 4.18. The van der Waals surface area contributed by atoms with Crippen LogP contribution in [-0.4, -0.2) is 44.1 Å². The number of aromatic nitrogens is 1. The number of hydrogen-bond acceptors (Lipinski definition) is 5. The smallest absolute Gasteiger partial charge is 0.217 e. The molecule has 1 N–H and O–H groups in total. The van der Waals surface area contributed by atoms with Crippen molar-refractivity contribution in [3.05, 3.63) is 23.9 Å². The van der Waals surface area contributed by atoms with Gasteiger partial charge in [0.25, 0.3) is 0 Å². The van der Waals surface area contributed by atoms with E-state index in [1.165, 1.54) is 0 Å². The van der Waals surface area contributed by atoms with E-state index in [0.717, 1.165) is 25.1 Å². The fraction of sp³-hybridized carbons (Fsp3) is 0.643. The maximum absolute atomic E-state index is 5.61. The van der Waals surface area contributed by atoms with Crippen LogP contribution in [-0.2, 0) is 16.0 Å². The summed E-state index contributed by atoms with van der Waals surface area (Å²) < 4.78 is 16.3. The predicted octanol–water partition coefficient (Wildman–Crippen LogP) is 1.37. The molecule has 0 radical (unpaired) electrons. The Labute approximate surface area is 114 Å². The lowest BCUT2D eigenvalue weighted by molar-refractivity contribution is -0.131. The summed E-state index contributed by atoms with van der Waals surface area (Å²) in [5, 5.41) is 3.47. The SMILES string of the molecule is CCOC1CC(NCc2cccnc2OC)C1OC. The van der Waals surface area contributed by atoms with Crippen LogP contribution in [0, 0.1) is 0 Å². The largest absolute Gasteiger partial charge is 0.481 e. The minimum absolute atomic E-state index is 0.127. The van der Waals surface area contributed by atoms with Gasteiger partial charge in [-0.25, -0.2) is 4.98 Å². The number of methoxy groups -OCH3 is 2. The second kappa shape index (κ2) is 6.84. The van der Waals surface area contributed by atoms with Gasteiger partial charge in [0.1, 0.15) is 0 Å². The molecule has 1 aliphatic rings. The quantitative estimate of drug-likeness (QED) is 0.808. The summed E-state index contributed by atoms with van der Waals surface area (Å²) in [6, 6.07) is 4.25. The van der Waals surface area contributed by atoms with Gasteiger partial charge >= 0.3 is 0 Å². The maximum atomic E-state index is 5.61. The Hall–Kier alpha value is -1.17. The molecular weight excluding hydrogens is 244 g/mol. The van der Waals surface area contributed by atoms with Crippen molar-refractivity contribution in [3.63, 3.8) is 0 Å². The summed E-state index contributed by atoms with van der Waals surface area (Å²) in [5.74, 6) is 0.671. The van der Waals surface area contributed by atoms with Crippen LogP contribution >= 0.6 is 0 Å². The summed E-state index contributed by atoms with van der Waals surface area (Å²) in [6.45, 7) is 3.46. The monoisotopic (exact) mass is 266 g/mol. The Balaban J connectivity index is 1.86. The molecular formula is C14H22N2O3. The van der Waals surface area contributed by atoms with Gasteiger partial charge in [0.15, 0.2) is 0 Å². The number of hydrogen-bond donors (Lipinski definition) is 1. The van der Waals surface area contributed by atoms with Gasteiger partial charge in [-0.15, -0.1) is 0 Å². The summed E-state index contributed by atoms with van der Waals surface area (Å²) in [6.07, 6.45) is 3.05. The van der Waals surface area contributed by atoms with Crippen LogP contribution in [0.5, 0.6) is 5.88 Å².